The van der Waals surface area contributed by atoms with E-state index in [4.69, 9.17) is 12.2 Å². The number of hydrogen-bond donors (Lipinski definition) is 3. The average molecular weight is 360 g/mol. The number of anilines is 2. The molecule has 0 aliphatic carbocycles. The summed E-state index contributed by atoms with van der Waals surface area (Å²) in [4.78, 5) is 31.7. The van der Waals surface area contributed by atoms with Gasteiger partial charge in [-0.3, -0.25) is 14.6 Å². The summed E-state index contributed by atoms with van der Waals surface area (Å²) < 4.78 is 0.295. The van der Waals surface area contributed by atoms with Gasteiger partial charge in [-0.25, -0.2) is 0 Å². The number of rotatable bonds is 7. The summed E-state index contributed by atoms with van der Waals surface area (Å²) in [6, 6.07) is 7.77. The van der Waals surface area contributed by atoms with E-state index in [1.165, 1.54) is 0 Å². The molecule has 134 valence electrons. The van der Waals surface area contributed by atoms with Gasteiger partial charge in [0.15, 0.2) is 4.77 Å². The van der Waals surface area contributed by atoms with Gasteiger partial charge < -0.3 is 15.2 Å². The minimum absolute atomic E-state index is 0.128. The monoisotopic (exact) mass is 360 g/mol. The lowest BCUT2D eigenvalue weighted by atomic mass is 10.1. The molecule has 0 saturated heterocycles. The van der Waals surface area contributed by atoms with E-state index >= 15 is 0 Å². The van der Waals surface area contributed by atoms with Crippen molar-refractivity contribution in [1.29, 1.82) is 0 Å². The number of aryl methyl sites for hydroxylation is 1. The number of nitrogens with one attached hydrogen (secondary N) is 3. The van der Waals surface area contributed by atoms with Crippen molar-refractivity contribution < 1.29 is 4.79 Å². The third-order valence-electron chi connectivity index (χ3n) is 4.14. The van der Waals surface area contributed by atoms with Gasteiger partial charge in [-0.05, 0) is 63.7 Å². The average Bonchev–Trinajstić information content (AvgIpc) is 2.56. The molecular formula is C18H24N4O2S. The number of hydrogen-bond acceptors (Lipinski definition) is 4. The first-order valence-electron chi connectivity index (χ1n) is 8.41. The largest absolute Gasteiger partial charge is 0.372 e. The fourth-order valence-electron chi connectivity index (χ4n) is 2.73. The van der Waals surface area contributed by atoms with Crippen molar-refractivity contribution in [2.45, 2.75) is 33.6 Å². The molecule has 6 nitrogen and oxygen atoms in total. The molecule has 0 radical (unpaired) electrons. The third kappa shape index (κ3) is 5.03. The molecule has 2 aromatic rings. The van der Waals surface area contributed by atoms with E-state index in [1.54, 1.807) is 6.92 Å². The highest BCUT2D eigenvalue weighted by atomic mass is 32.1. The Kier molecular flexibility index (Phi) is 6.52. The van der Waals surface area contributed by atoms with Crippen LogP contribution in [0.2, 0.25) is 0 Å². The molecule has 0 fully saturated rings. The van der Waals surface area contributed by atoms with Crippen molar-refractivity contribution >= 4 is 29.5 Å². The van der Waals surface area contributed by atoms with E-state index in [0.717, 1.165) is 24.5 Å². The third-order valence-corrected chi connectivity index (χ3v) is 4.34. The molecule has 25 heavy (non-hydrogen) atoms. The zero-order valence-corrected chi connectivity index (χ0v) is 15.6. The van der Waals surface area contributed by atoms with Crippen molar-refractivity contribution in [3.8, 4) is 0 Å². The van der Waals surface area contributed by atoms with Crippen LogP contribution in [0.15, 0.2) is 29.1 Å². The molecule has 7 heteroatoms. The summed E-state index contributed by atoms with van der Waals surface area (Å²) in [7, 11) is 0. The molecule has 2 rings (SSSR count). The van der Waals surface area contributed by atoms with Crippen LogP contribution in [0.3, 0.4) is 0 Å². The number of benzene rings is 1. The lowest BCUT2D eigenvalue weighted by molar-refractivity contribution is -0.116. The van der Waals surface area contributed by atoms with Crippen LogP contribution in [0.1, 0.15) is 31.5 Å². The fourth-order valence-corrected chi connectivity index (χ4v) is 2.98. The summed E-state index contributed by atoms with van der Waals surface area (Å²) in [6.45, 7) is 7.88. The van der Waals surface area contributed by atoms with Crippen molar-refractivity contribution in [3.63, 3.8) is 0 Å². The normalized spacial score (nSPS) is 10.5. The first kappa shape index (κ1) is 18.9. The number of aromatic amines is 2. The quantitative estimate of drug-likeness (QED) is 0.663. The SMILES string of the molecule is CCN(CC)c1ccc(NC(=O)CCc2c(C)[nH]c(=S)[nH]c2=O)cc1. The van der Waals surface area contributed by atoms with Gasteiger partial charge in [0.25, 0.3) is 5.56 Å². The van der Waals surface area contributed by atoms with Gasteiger partial charge in [0.1, 0.15) is 0 Å². The smallest absolute Gasteiger partial charge is 0.255 e. The van der Waals surface area contributed by atoms with Gasteiger partial charge in [-0.1, -0.05) is 0 Å². The molecule has 0 atom stereocenters. The van der Waals surface area contributed by atoms with E-state index in [9.17, 15) is 9.59 Å². The predicted molar refractivity (Wildman–Crippen MR) is 104 cm³/mol. The highest BCUT2D eigenvalue weighted by Gasteiger charge is 2.09. The first-order valence-corrected chi connectivity index (χ1v) is 8.82. The van der Waals surface area contributed by atoms with E-state index in [0.29, 0.717) is 22.4 Å². The molecule has 1 heterocycles. The standard InChI is InChI=1S/C18H24N4O2S/c1-4-22(5-2)14-8-6-13(7-9-14)20-16(23)11-10-15-12(3)19-18(25)21-17(15)24/h6-9H,4-5,10-11H2,1-3H3,(H,20,23)(H2,19,21,24,25). The van der Waals surface area contributed by atoms with Crippen LogP contribution >= 0.6 is 12.2 Å². The van der Waals surface area contributed by atoms with Crippen molar-refractivity contribution in [1.82, 2.24) is 9.97 Å². The molecule has 0 aliphatic heterocycles. The number of H-pyrrole nitrogens is 2. The highest BCUT2D eigenvalue weighted by molar-refractivity contribution is 7.71. The second-order valence-electron chi connectivity index (χ2n) is 5.78. The molecule has 1 aromatic carbocycles. The molecule has 0 aliphatic rings. The number of carbonyl (C=O) groups is 1. The zero-order valence-electron chi connectivity index (χ0n) is 14.8. The molecule has 1 amide bonds. The van der Waals surface area contributed by atoms with Crippen LogP contribution < -0.4 is 15.8 Å². The van der Waals surface area contributed by atoms with Crippen LogP contribution in [0, 0.1) is 11.7 Å². The van der Waals surface area contributed by atoms with E-state index in [1.807, 2.05) is 24.3 Å². The van der Waals surface area contributed by atoms with Crippen molar-refractivity contribution in [3.05, 3.63) is 50.6 Å². The lowest BCUT2D eigenvalue weighted by Crippen LogP contribution is -2.21. The maximum atomic E-state index is 12.1. The van der Waals surface area contributed by atoms with Crippen LogP contribution in [0.5, 0.6) is 0 Å². The Labute approximate surface area is 152 Å². The first-order chi connectivity index (χ1) is 11.9. The van der Waals surface area contributed by atoms with E-state index < -0.39 is 0 Å². The number of amides is 1. The summed E-state index contributed by atoms with van der Waals surface area (Å²) in [6.07, 6.45) is 0.586. The summed E-state index contributed by atoms with van der Waals surface area (Å²) in [5.74, 6) is -0.128. The molecule has 0 unspecified atom stereocenters. The lowest BCUT2D eigenvalue weighted by Gasteiger charge is -2.21. The second kappa shape index (κ2) is 8.62. The Balaban J connectivity index is 1.97. The van der Waals surface area contributed by atoms with Gasteiger partial charge in [-0.2, -0.15) is 0 Å². The fraction of sp³-hybridized carbons (Fsp3) is 0.389. The van der Waals surface area contributed by atoms with Gasteiger partial charge in [0, 0.05) is 42.1 Å². The minimum Gasteiger partial charge on any atom is -0.372 e. The Morgan fingerprint density at radius 1 is 1.16 bits per heavy atom. The van der Waals surface area contributed by atoms with Crippen LogP contribution in [0.4, 0.5) is 11.4 Å². The molecular weight excluding hydrogens is 336 g/mol. The second-order valence-corrected chi connectivity index (χ2v) is 6.19. The van der Waals surface area contributed by atoms with E-state index in [-0.39, 0.29) is 17.9 Å². The summed E-state index contributed by atoms with van der Waals surface area (Å²) >= 11 is 4.92. The predicted octanol–water partition coefficient (Wildman–Crippen LogP) is 3.16. The van der Waals surface area contributed by atoms with Crippen molar-refractivity contribution in [2.75, 3.05) is 23.3 Å². The van der Waals surface area contributed by atoms with E-state index in [2.05, 4.69) is 34.0 Å². The Bertz CT molecular complexity index is 835. The Morgan fingerprint density at radius 3 is 2.36 bits per heavy atom. The summed E-state index contributed by atoms with van der Waals surface area (Å²) in [5, 5.41) is 2.86. The molecule has 3 N–H and O–H groups in total. The Hall–Kier alpha value is -2.41. The molecule has 0 bridgehead atoms. The molecule has 0 spiro atoms. The van der Waals surface area contributed by atoms with Gasteiger partial charge in [0.05, 0.1) is 0 Å². The minimum atomic E-state index is -0.238. The zero-order chi connectivity index (χ0) is 18.4. The Morgan fingerprint density at radius 2 is 1.80 bits per heavy atom. The van der Waals surface area contributed by atoms with Crippen molar-refractivity contribution in [2.24, 2.45) is 0 Å². The van der Waals surface area contributed by atoms with Gasteiger partial charge in [-0.15, -0.1) is 0 Å². The number of nitrogens with zero attached hydrogens (tertiary/aromatic N) is 1. The highest BCUT2D eigenvalue weighted by Crippen LogP contribution is 2.18. The van der Waals surface area contributed by atoms with Crippen LogP contribution in [0.25, 0.3) is 0 Å². The maximum absolute atomic E-state index is 12.1. The maximum Gasteiger partial charge on any atom is 0.255 e. The number of aromatic nitrogens is 2. The number of carbonyl (C=O) groups excluding carboxylic acids is 1. The molecule has 0 saturated carbocycles. The molecule has 1 aromatic heterocycles. The topological polar surface area (TPSA) is 81.0 Å². The van der Waals surface area contributed by atoms with Crippen LogP contribution in [-0.4, -0.2) is 29.0 Å². The van der Waals surface area contributed by atoms with Gasteiger partial charge >= 0.3 is 0 Å². The van der Waals surface area contributed by atoms with Crippen LogP contribution in [-0.2, 0) is 11.2 Å². The summed E-state index contributed by atoms with van der Waals surface area (Å²) in [5.41, 5.74) is 2.90. The van der Waals surface area contributed by atoms with Gasteiger partial charge in [0.2, 0.25) is 5.91 Å².